The Kier molecular flexibility index (Phi) is 4.57. The van der Waals surface area contributed by atoms with Crippen molar-refractivity contribution in [1.82, 2.24) is 29.1 Å². The molecule has 5 heterocycles. The maximum atomic E-state index is 13.6. The summed E-state index contributed by atoms with van der Waals surface area (Å²) in [5.41, 5.74) is 5.28. The summed E-state index contributed by atoms with van der Waals surface area (Å²) in [6.45, 7) is 2.13. The number of H-pyrrole nitrogens is 1. The molecule has 5 aromatic rings. The van der Waals surface area contributed by atoms with Crippen LogP contribution in [-0.2, 0) is 11.3 Å². The lowest BCUT2D eigenvalue weighted by Crippen LogP contribution is -2.28. The Morgan fingerprint density at radius 3 is 2.75 bits per heavy atom. The van der Waals surface area contributed by atoms with E-state index in [1.807, 2.05) is 53.2 Å². The van der Waals surface area contributed by atoms with Crippen molar-refractivity contribution in [2.75, 3.05) is 13.2 Å². The van der Waals surface area contributed by atoms with Crippen LogP contribution in [0, 0.1) is 5.92 Å². The van der Waals surface area contributed by atoms with Crippen molar-refractivity contribution in [3.8, 4) is 16.9 Å². The number of benzene rings is 1. The van der Waals surface area contributed by atoms with Gasteiger partial charge in [-0.15, -0.1) is 0 Å². The Morgan fingerprint density at radius 1 is 1.06 bits per heavy atom. The lowest BCUT2D eigenvalue weighted by atomic mass is 10.0. The Hall–Kier alpha value is -3.78. The summed E-state index contributed by atoms with van der Waals surface area (Å²) in [5.74, 6) is 0.399. The van der Waals surface area contributed by atoms with Crippen molar-refractivity contribution in [3.05, 3.63) is 71.5 Å². The fourth-order valence-corrected chi connectivity index (χ4v) is 4.41. The van der Waals surface area contributed by atoms with Crippen molar-refractivity contribution in [1.29, 1.82) is 0 Å². The van der Waals surface area contributed by atoms with Gasteiger partial charge in [0.05, 0.1) is 23.1 Å². The van der Waals surface area contributed by atoms with E-state index in [0.717, 1.165) is 59.7 Å². The molecule has 0 radical (unpaired) electrons. The van der Waals surface area contributed by atoms with Crippen LogP contribution in [0.15, 0.2) is 65.8 Å². The van der Waals surface area contributed by atoms with E-state index in [1.165, 1.54) is 0 Å². The highest BCUT2D eigenvalue weighted by molar-refractivity contribution is 5.81. The summed E-state index contributed by atoms with van der Waals surface area (Å²) in [5, 5.41) is 0. The Labute approximate surface area is 183 Å². The van der Waals surface area contributed by atoms with Gasteiger partial charge >= 0.3 is 5.69 Å². The highest BCUT2D eigenvalue weighted by atomic mass is 16.5. The van der Waals surface area contributed by atoms with Crippen molar-refractivity contribution in [3.63, 3.8) is 0 Å². The fraction of sp³-hybridized carbons (Fsp3) is 0.250. The molecule has 8 nitrogen and oxygen atoms in total. The number of fused-ring (bicyclic) bond motifs is 2. The predicted molar refractivity (Wildman–Crippen MR) is 122 cm³/mol. The third kappa shape index (κ3) is 3.20. The van der Waals surface area contributed by atoms with Crippen molar-refractivity contribution < 1.29 is 4.74 Å². The molecule has 0 spiro atoms. The summed E-state index contributed by atoms with van der Waals surface area (Å²) in [6, 6.07) is 13.6. The zero-order valence-electron chi connectivity index (χ0n) is 17.4. The highest BCUT2D eigenvalue weighted by Crippen LogP contribution is 2.25. The molecule has 6 rings (SSSR count). The van der Waals surface area contributed by atoms with E-state index in [9.17, 15) is 4.79 Å². The molecule has 0 amide bonds. The SMILES string of the molecule is O=c1n(CC2CCOCC2)c2cc(-c3cnc4[nH]ccc4n3)cnc2n1-c1ccccc1. The van der Waals surface area contributed by atoms with E-state index < -0.39 is 0 Å². The second-order valence-corrected chi connectivity index (χ2v) is 8.15. The first-order valence-corrected chi connectivity index (χ1v) is 10.8. The van der Waals surface area contributed by atoms with Gasteiger partial charge in [0.1, 0.15) is 5.52 Å². The van der Waals surface area contributed by atoms with Crippen molar-refractivity contribution in [2.24, 2.45) is 5.92 Å². The quantitative estimate of drug-likeness (QED) is 0.475. The van der Waals surface area contributed by atoms with Crippen LogP contribution in [0.25, 0.3) is 39.3 Å². The van der Waals surface area contributed by atoms with Crippen LogP contribution in [0.4, 0.5) is 0 Å². The number of pyridine rings is 1. The topological polar surface area (TPSA) is 90.6 Å². The molecule has 1 aliphatic heterocycles. The maximum absolute atomic E-state index is 13.6. The summed E-state index contributed by atoms with van der Waals surface area (Å²) >= 11 is 0. The summed E-state index contributed by atoms with van der Waals surface area (Å²) < 4.78 is 9.06. The van der Waals surface area contributed by atoms with E-state index in [1.54, 1.807) is 17.0 Å². The van der Waals surface area contributed by atoms with Crippen LogP contribution >= 0.6 is 0 Å². The second-order valence-electron chi connectivity index (χ2n) is 8.15. The predicted octanol–water partition coefficient (Wildman–Crippen LogP) is 3.55. The Balaban J connectivity index is 1.53. The smallest absolute Gasteiger partial charge is 0.334 e. The molecule has 0 aliphatic carbocycles. The van der Waals surface area contributed by atoms with Crippen LogP contribution in [0.1, 0.15) is 12.8 Å². The van der Waals surface area contributed by atoms with Crippen LogP contribution in [0.2, 0.25) is 0 Å². The molecule has 160 valence electrons. The zero-order chi connectivity index (χ0) is 21.5. The molecule has 1 fully saturated rings. The van der Waals surface area contributed by atoms with Gasteiger partial charge in [0.25, 0.3) is 0 Å². The first kappa shape index (κ1) is 18.9. The van der Waals surface area contributed by atoms with Gasteiger partial charge in [0.15, 0.2) is 11.3 Å². The van der Waals surface area contributed by atoms with Crippen molar-refractivity contribution >= 4 is 22.3 Å². The number of aromatic amines is 1. The number of hydrogen-bond acceptors (Lipinski definition) is 5. The normalized spacial score (nSPS) is 15.0. The van der Waals surface area contributed by atoms with E-state index in [4.69, 9.17) is 14.7 Å². The van der Waals surface area contributed by atoms with E-state index in [0.29, 0.717) is 18.1 Å². The van der Waals surface area contributed by atoms with Gasteiger partial charge < -0.3 is 9.72 Å². The average molecular weight is 426 g/mol. The number of nitrogens with one attached hydrogen (secondary N) is 1. The van der Waals surface area contributed by atoms with Gasteiger partial charge in [-0.1, -0.05) is 18.2 Å². The first-order chi connectivity index (χ1) is 15.8. The number of aromatic nitrogens is 6. The minimum atomic E-state index is -0.0745. The van der Waals surface area contributed by atoms with Gasteiger partial charge in [-0.3, -0.25) is 4.57 Å². The summed E-state index contributed by atoms with van der Waals surface area (Å²) in [4.78, 5) is 30.5. The number of imidazole rings is 1. The first-order valence-electron chi connectivity index (χ1n) is 10.8. The molecule has 32 heavy (non-hydrogen) atoms. The molecular weight excluding hydrogens is 404 g/mol. The number of ether oxygens (including phenoxy) is 1. The second kappa shape index (κ2) is 7.72. The third-order valence-corrected chi connectivity index (χ3v) is 6.12. The Morgan fingerprint density at radius 2 is 1.91 bits per heavy atom. The molecule has 1 saturated heterocycles. The van der Waals surface area contributed by atoms with Gasteiger partial charge in [-0.2, -0.15) is 0 Å². The molecule has 1 N–H and O–H groups in total. The molecule has 0 bridgehead atoms. The molecule has 8 heteroatoms. The average Bonchev–Trinajstić information content (AvgIpc) is 3.42. The lowest BCUT2D eigenvalue weighted by molar-refractivity contribution is 0.0613. The standard InChI is InChI=1S/C24H22N6O2/c31-24-29(15-16-7-10-32-11-8-16)21-12-17(20-14-26-22-19(28-20)6-9-25-22)13-27-23(21)30(24)18-4-2-1-3-5-18/h1-6,9,12-14,16H,7-8,10-11,15H2,(H,25,26). The van der Waals surface area contributed by atoms with E-state index in [-0.39, 0.29) is 5.69 Å². The molecule has 1 aliphatic rings. The largest absolute Gasteiger partial charge is 0.381 e. The van der Waals surface area contributed by atoms with E-state index in [2.05, 4.69) is 9.97 Å². The molecule has 0 atom stereocenters. The van der Waals surface area contributed by atoms with Crippen LogP contribution in [-0.4, -0.2) is 42.3 Å². The molecular formula is C24H22N6O2. The molecule has 0 unspecified atom stereocenters. The molecule has 0 saturated carbocycles. The van der Waals surface area contributed by atoms with Crippen molar-refractivity contribution in [2.45, 2.75) is 19.4 Å². The maximum Gasteiger partial charge on any atom is 0.334 e. The minimum Gasteiger partial charge on any atom is -0.381 e. The summed E-state index contributed by atoms with van der Waals surface area (Å²) in [7, 11) is 0. The van der Waals surface area contributed by atoms with Gasteiger partial charge in [0.2, 0.25) is 0 Å². The van der Waals surface area contributed by atoms with Gasteiger partial charge in [-0.05, 0) is 43.0 Å². The highest BCUT2D eigenvalue weighted by Gasteiger charge is 2.21. The number of nitrogens with zero attached hydrogens (tertiary/aromatic N) is 5. The van der Waals surface area contributed by atoms with Crippen LogP contribution in [0.5, 0.6) is 0 Å². The lowest BCUT2D eigenvalue weighted by Gasteiger charge is -2.22. The molecule has 1 aromatic carbocycles. The number of hydrogen-bond donors (Lipinski definition) is 1. The Bertz CT molecular complexity index is 1460. The van der Waals surface area contributed by atoms with Gasteiger partial charge in [0, 0.05) is 37.7 Å². The zero-order valence-corrected chi connectivity index (χ0v) is 17.4. The summed E-state index contributed by atoms with van der Waals surface area (Å²) in [6.07, 6.45) is 7.22. The molecule has 4 aromatic heterocycles. The minimum absolute atomic E-state index is 0.0745. The van der Waals surface area contributed by atoms with E-state index >= 15 is 0 Å². The number of para-hydroxylation sites is 1. The van der Waals surface area contributed by atoms with Gasteiger partial charge in [-0.25, -0.2) is 24.3 Å². The van der Waals surface area contributed by atoms with Crippen LogP contribution in [0.3, 0.4) is 0 Å². The number of rotatable bonds is 4. The van der Waals surface area contributed by atoms with Crippen LogP contribution < -0.4 is 5.69 Å². The fourth-order valence-electron chi connectivity index (χ4n) is 4.41. The third-order valence-electron chi connectivity index (χ3n) is 6.12. The monoisotopic (exact) mass is 426 g/mol.